The van der Waals surface area contributed by atoms with Gasteiger partial charge in [0.2, 0.25) is 0 Å². The molecule has 0 fully saturated rings. The predicted molar refractivity (Wildman–Crippen MR) is 65.5 cm³/mol. The molecule has 1 nitrogen and oxygen atoms in total. The van der Waals surface area contributed by atoms with E-state index in [1.54, 1.807) is 0 Å². The van der Waals surface area contributed by atoms with Gasteiger partial charge in [-0.15, -0.1) is 0 Å². The Hall–Kier alpha value is -0.980. The minimum absolute atomic E-state index is 1.70. The molecule has 0 saturated heterocycles. The third-order valence-corrected chi connectivity index (χ3v) is 1.49. The number of benzene rings is 1. The van der Waals surface area contributed by atoms with Gasteiger partial charge in [0.1, 0.15) is 5.75 Å². The van der Waals surface area contributed by atoms with Crippen LogP contribution in [0.1, 0.15) is 81.0 Å². The zero-order chi connectivity index (χ0) is 29.5. The van der Waals surface area contributed by atoms with Crippen LogP contribution >= 0.6 is 0 Å². The molecular weight excluding hydrogens is 184 g/mol. The van der Waals surface area contributed by atoms with E-state index >= 15 is 0 Å². The van der Waals surface area contributed by atoms with E-state index < -0.39 is 86.9 Å². The van der Waals surface area contributed by atoms with Crippen LogP contribution in [-0.2, 0) is 10.8 Å². The molecule has 0 radical (unpaired) electrons. The average molecular weight is 227 g/mol. The summed E-state index contributed by atoms with van der Waals surface area (Å²) in [7, 11) is 0. The summed E-state index contributed by atoms with van der Waals surface area (Å²) in [5.41, 5.74) is -12.2. The highest BCUT2D eigenvalue weighted by molar-refractivity contribution is 5.39. The van der Waals surface area contributed by atoms with Crippen molar-refractivity contribution < 1.29 is 33.9 Å². The lowest BCUT2D eigenvalue weighted by molar-refractivity contribution is 0.466. The van der Waals surface area contributed by atoms with Gasteiger partial charge in [0, 0.05) is 24.7 Å². The minimum atomic E-state index is -4.22. The monoisotopic (exact) mass is 227 g/mol. The molecule has 1 aromatic carbocycles. The molecule has 1 heteroatoms. The molecule has 0 spiro atoms. The molecule has 0 unspecified atom stereocenters. The predicted octanol–water partition coefficient (Wildman–Crippen LogP) is 3.99. The van der Waals surface area contributed by atoms with E-state index in [1.807, 2.05) is 0 Å². The number of hydrogen-bond acceptors (Lipinski definition) is 1. The largest absolute Gasteiger partial charge is 0.508 e. The molecule has 0 aliphatic heterocycles. The van der Waals surface area contributed by atoms with Crippen molar-refractivity contribution in [2.24, 2.45) is 0 Å². The van der Waals surface area contributed by atoms with Crippen LogP contribution in [0.2, 0.25) is 0 Å². The Labute approximate surface area is 123 Å². The van der Waals surface area contributed by atoms with Gasteiger partial charge in [-0.3, -0.25) is 0 Å². The van der Waals surface area contributed by atoms with Crippen molar-refractivity contribution >= 4 is 0 Å². The van der Waals surface area contributed by atoms with Crippen LogP contribution < -0.4 is 0 Å². The van der Waals surface area contributed by atoms with E-state index in [0.29, 0.717) is 0 Å². The van der Waals surface area contributed by atoms with Crippen molar-refractivity contribution in [2.45, 2.75) is 51.9 Å². The second-order valence-electron chi connectivity index (χ2n) is 2.97. The van der Waals surface area contributed by atoms with Gasteiger partial charge in [0.15, 0.2) is 0 Å². The highest BCUT2D eigenvalue weighted by atomic mass is 16.3. The molecule has 0 heterocycles. The molecule has 0 aliphatic carbocycles. The van der Waals surface area contributed by atoms with E-state index in [2.05, 4.69) is 0 Å². The Balaban J connectivity index is 4.89. The maximum Gasteiger partial charge on any atom is 0.116 e. The Morgan fingerprint density at radius 2 is 1.33 bits per heavy atom. The Bertz CT molecular complexity index is 846. The van der Waals surface area contributed by atoms with E-state index in [1.165, 1.54) is 0 Å². The fourth-order valence-electron chi connectivity index (χ4n) is 0.831. The van der Waals surface area contributed by atoms with Gasteiger partial charge < -0.3 is 5.11 Å². The Morgan fingerprint density at radius 1 is 0.933 bits per heavy atom. The molecule has 84 valence electrons. The van der Waals surface area contributed by atoms with Gasteiger partial charge in [-0.1, -0.05) is 47.2 Å². The molecule has 1 aromatic rings. The molecule has 0 atom stereocenters. The summed E-state index contributed by atoms with van der Waals surface area (Å²) in [6.07, 6.45) is 0. The van der Waals surface area contributed by atoms with E-state index in [4.69, 9.17) is 28.8 Å². The number of hydrogen-bond donors (Lipinski definition) is 1. The van der Waals surface area contributed by atoms with Crippen LogP contribution in [0.15, 0.2) is 18.1 Å². The lowest BCUT2D eigenvalue weighted by Gasteiger charge is -2.25. The summed E-state index contributed by atoms with van der Waals surface area (Å²) in [6.45, 7) is -24.9. The maximum atomic E-state index is 10.5. The van der Waals surface area contributed by atoms with Gasteiger partial charge in [-0.05, 0) is 34.0 Å². The van der Waals surface area contributed by atoms with Crippen LogP contribution in [0.5, 0.6) is 5.75 Å². The lowest BCUT2D eigenvalue weighted by Crippen LogP contribution is -2.15. The summed E-state index contributed by atoms with van der Waals surface area (Å²) in [5.74, 6) is -1.81. The summed E-state index contributed by atoms with van der Waals surface area (Å²) >= 11 is 0. The van der Waals surface area contributed by atoms with E-state index in [0.717, 1.165) is 0 Å². The van der Waals surface area contributed by atoms with E-state index in [-0.39, 0.29) is 0 Å². The minimum Gasteiger partial charge on any atom is -0.508 e. The summed E-state index contributed by atoms with van der Waals surface area (Å²) < 4.78 is 165. The van der Waals surface area contributed by atoms with E-state index in [9.17, 15) is 5.11 Å². The molecule has 1 N–H and O–H groups in total. The maximum absolute atomic E-state index is 10.5. The van der Waals surface area contributed by atoms with Gasteiger partial charge >= 0.3 is 0 Å². The molecule has 0 aliphatic rings. The molecule has 15 heavy (non-hydrogen) atoms. The molecule has 1 rings (SSSR count). The van der Waals surface area contributed by atoms with Crippen molar-refractivity contribution in [1.82, 2.24) is 0 Å². The smallest absolute Gasteiger partial charge is 0.116 e. The normalized spacial score (nSPS) is 38.5. The molecule has 0 saturated carbocycles. The quantitative estimate of drug-likeness (QED) is 0.710. The molecule has 0 amide bonds. The third-order valence-electron chi connectivity index (χ3n) is 1.49. The van der Waals surface area contributed by atoms with Crippen molar-refractivity contribution in [3.8, 4) is 5.75 Å². The number of phenols is 1. The first-order valence-electron chi connectivity index (χ1n) is 14.2. The SMILES string of the molecule is [2H]c1c(O)c([2H])c(C(C([2H])([2H])[2H])(C([2H])([2H])[2H])C([2H])([2H])[2H])c([2H])c1C(C([2H])([2H])[2H])(C([2H])([2H])[2H])C([2H])([2H])[2H]. The van der Waals surface area contributed by atoms with Gasteiger partial charge in [0.25, 0.3) is 0 Å². The fraction of sp³-hybridized carbons (Fsp3) is 0.571. The second kappa shape index (κ2) is 3.55. The van der Waals surface area contributed by atoms with Crippen LogP contribution in [0, 0.1) is 0 Å². The van der Waals surface area contributed by atoms with Crippen LogP contribution in [0.4, 0.5) is 0 Å². The van der Waals surface area contributed by atoms with Crippen molar-refractivity contribution in [1.29, 1.82) is 0 Å². The number of rotatable bonds is 0. The van der Waals surface area contributed by atoms with Gasteiger partial charge in [0.05, 0.1) is 4.11 Å². The van der Waals surface area contributed by atoms with Crippen LogP contribution in [0.3, 0.4) is 0 Å². The highest BCUT2D eigenvalue weighted by Gasteiger charge is 2.20. The van der Waals surface area contributed by atoms with Crippen LogP contribution in [-0.4, -0.2) is 5.11 Å². The first kappa shape index (κ1) is 1.94. The van der Waals surface area contributed by atoms with Crippen LogP contribution in [0.25, 0.3) is 0 Å². The molecule has 0 aromatic heterocycles. The van der Waals surface area contributed by atoms with Gasteiger partial charge in [-0.25, -0.2) is 0 Å². The Morgan fingerprint density at radius 3 is 1.67 bits per heavy atom. The van der Waals surface area contributed by atoms with Crippen molar-refractivity contribution in [3.05, 3.63) is 29.3 Å². The van der Waals surface area contributed by atoms with Crippen molar-refractivity contribution in [3.63, 3.8) is 0 Å². The topological polar surface area (TPSA) is 20.2 Å². The first-order chi connectivity index (χ1) is 15.4. The highest BCUT2D eigenvalue weighted by Crippen LogP contribution is 2.32. The average Bonchev–Trinajstić information content (AvgIpc) is 2.53. The second-order valence-corrected chi connectivity index (χ2v) is 2.97. The third kappa shape index (κ3) is 2.98. The standard InChI is InChI=1S/C14H22O/c1-13(2,3)10-7-11(14(4,5)6)9-12(15)8-10/h7-9,15H,1-6H3/i1D3,2D3,3D3,4D3,5D3,6D3,7D,8D,9D. The zero-order valence-electron chi connectivity index (χ0n) is 28.4. The molecular formula is C14H22O. The van der Waals surface area contributed by atoms with Gasteiger partial charge in [-0.2, -0.15) is 0 Å². The first-order valence-corrected chi connectivity index (χ1v) is 3.72. The van der Waals surface area contributed by atoms with Crippen molar-refractivity contribution in [2.75, 3.05) is 0 Å². The molecule has 0 bridgehead atoms. The summed E-state index contributed by atoms with van der Waals surface area (Å²) in [6, 6.07) is -5.31. The Kier molecular flexibility index (Phi) is 0.459. The fourth-order valence-corrected chi connectivity index (χ4v) is 0.831. The summed E-state index contributed by atoms with van der Waals surface area (Å²) in [5, 5.41) is 10.5. The number of aromatic hydroxyl groups is 1. The number of phenolic OH excluding ortho intramolecular Hbond substituents is 1. The lowest BCUT2D eigenvalue weighted by atomic mass is 9.80. The zero-order valence-corrected chi connectivity index (χ0v) is 7.45. The summed E-state index contributed by atoms with van der Waals surface area (Å²) in [4.78, 5) is 0.